The predicted molar refractivity (Wildman–Crippen MR) is 53.3 cm³/mol. The van der Waals surface area contributed by atoms with Crippen molar-refractivity contribution in [1.82, 2.24) is 10.6 Å². The molecule has 0 aromatic carbocycles. The highest BCUT2D eigenvalue weighted by Crippen LogP contribution is 2.14. The first kappa shape index (κ1) is 15.5. The number of halogens is 3. The average molecular weight is 256 g/mol. The summed E-state index contributed by atoms with van der Waals surface area (Å²) in [6.45, 7) is 0.706. The summed E-state index contributed by atoms with van der Waals surface area (Å²) in [5.74, 6) is -0.275. The van der Waals surface area contributed by atoms with E-state index in [2.05, 4.69) is 10.1 Å². The van der Waals surface area contributed by atoms with Crippen LogP contribution in [-0.4, -0.2) is 37.9 Å². The Labute approximate surface area is 96.7 Å². The van der Waals surface area contributed by atoms with Crippen LogP contribution >= 0.6 is 0 Å². The highest BCUT2D eigenvalue weighted by Gasteiger charge is 2.29. The van der Waals surface area contributed by atoms with Crippen LogP contribution in [0.25, 0.3) is 0 Å². The van der Waals surface area contributed by atoms with Crippen molar-refractivity contribution in [2.24, 2.45) is 0 Å². The number of hydrogen-bond acceptors (Lipinski definition) is 3. The van der Waals surface area contributed by atoms with Crippen LogP contribution in [0.3, 0.4) is 0 Å². The van der Waals surface area contributed by atoms with Crippen LogP contribution in [0.15, 0.2) is 0 Å². The molecule has 2 amide bonds. The number of hydrogen-bond donors (Lipinski definition) is 2. The third kappa shape index (κ3) is 10.8. The topological polar surface area (TPSA) is 67.4 Å². The van der Waals surface area contributed by atoms with Crippen molar-refractivity contribution in [3.8, 4) is 0 Å². The predicted octanol–water partition coefficient (Wildman–Crippen LogP) is 1.19. The second-order valence-corrected chi connectivity index (χ2v) is 3.22. The van der Waals surface area contributed by atoms with Gasteiger partial charge in [-0.3, -0.25) is 4.79 Å². The van der Waals surface area contributed by atoms with E-state index in [-0.39, 0.29) is 18.9 Å². The second kappa shape index (κ2) is 7.75. The normalized spacial score (nSPS) is 10.8. The number of amides is 2. The van der Waals surface area contributed by atoms with Crippen LogP contribution in [0.2, 0.25) is 0 Å². The smallest absolute Gasteiger partial charge is 0.422 e. The molecule has 2 N–H and O–H groups in total. The number of alkyl halides is 3. The molecular weight excluding hydrogens is 241 g/mol. The van der Waals surface area contributed by atoms with Gasteiger partial charge in [0, 0.05) is 19.5 Å². The minimum atomic E-state index is -4.55. The van der Waals surface area contributed by atoms with Gasteiger partial charge < -0.3 is 15.4 Å². The summed E-state index contributed by atoms with van der Waals surface area (Å²) >= 11 is 0. The summed E-state index contributed by atoms with van der Waals surface area (Å²) in [7, 11) is 0. The zero-order valence-corrected chi connectivity index (χ0v) is 9.39. The Morgan fingerprint density at radius 3 is 2.35 bits per heavy atom. The molecule has 0 bridgehead atoms. The van der Waals surface area contributed by atoms with Gasteiger partial charge in [0.1, 0.15) is 0 Å². The fraction of sp³-hybridized carbons (Fsp3) is 0.778. The van der Waals surface area contributed by atoms with E-state index in [1.165, 1.54) is 0 Å². The average Bonchev–Trinajstić information content (AvgIpc) is 2.22. The maximum atomic E-state index is 11.6. The number of rotatable bonds is 6. The van der Waals surface area contributed by atoms with Crippen molar-refractivity contribution in [1.29, 1.82) is 0 Å². The SMILES string of the molecule is CCCNC(=O)CCNC(=O)OCC(F)(F)F. The van der Waals surface area contributed by atoms with Crippen molar-refractivity contribution < 1.29 is 27.5 Å². The van der Waals surface area contributed by atoms with Crippen LogP contribution in [0, 0.1) is 0 Å². The molecule has 100 valence electrons. The molecule has 0 radical (unpaired) electrons. The van der Waals surface area contributed by atoms with Crippen molar-refractivity contribution in [2.75, 3.05) is 19.7 Å². The van der Waals surface area contributed by atoms with E-state index in [1.807, 2.05) is 12.2 Å². The first-order valence-electron chi connectivity index (χ1n) is 5.09. The van der Waals surface area contributed by atoms with Crippen LogP contribution in [-0.2, 0) is 9.53 Å². The zero-order valence-electron chi connectivity index (χ0n) is 9.39. The fourth-order valence-electron chi connectivity index (χ4n) is 0.829. The van der Waals surface area contributed by atoms with Gasteiger partial charge in [-0.15, -0.1) is 0 Å². The first-order valence-corrected chi connectivity index (χ1v) is 5.09. The maximum Gasteiger partial charge on any atom is 0.422 e. The molecule has 0 aliphatic rings. The highest BCUT2D eigenvalue weighted by atomic mass is 19.4. The molecule has 0 heterocycles. The summed E-state index contributed by atoms with van der Waals surface area (Å²) in [6, 6.07) is 0. The lowest BCUT2D eigenvalue weighted by molar-refractivity contribution is -0.160. The molecule has 0 fully saturated rings. The molecule has 8 heteroatoms. The van der Waals surface area contributed by atoms with Gasteiger partial charge in [0.2, 0.25) is 5.91 Å². The quantitative estimate of drug-likeness (QED) is 0.750. The van der Waals surface area contributed by atoms with Gasteiger partial charge in [-0.25, -0.2) is 4.79 Å². The number of nitrogens with one attached hydrogen (secondary N) is 2. The maximum absolute atomic E-state index is 11.6. The lowest BCUT2D eigenvalue weighted by Crippen LogP contribution is -2.33. The fourth-order valence-corrected chi connectivity index (χ4v) is 0.829. The van der Waals surface area contributed by atoms with Crippen LogP contribution < -0.4 is 10.6 Å². The first-order chi connectivity index (χ1) is 7.85. The van der Waals surface area contributed by atoms with Gasteiger partial charge in [-0.05, 0) is 6.42 Å². The molecular formula is C9H15F3N2O3. The second-order valence-electron chi connectivity index (χ2n) is 3.22. The van der Waals surface area contributed by atoms with Crippen molar-refractivity contribution in [3.05, 3.63) is 0 Å². The van der Waals surface area contributed by atoms with Gasteiger partial charge in [0.05, 0.1) is 0 Å². The molecule has 0 saturated heterocycles. The molecule has 0 rings (SSSR count). The highest BCUT2D eigenvalue weighted by molar-refractivity contribution is 5.76. The Balaban J connectivity index is 3.54. The van der Waals surface area contributed by atoms with Crippen LogP contribution in [0.5, 0.6) is 0 Å². The van der Waals surface area contributed by atoms with E-state index >= 15 is 0 Å². The molecule has 0 aliphatic carbocycles. The number of ether oxygens (including phenoxy) is 1. The van der Waals surface area contributed by atoms with Gasteiger partial charge in [0.15, 0.2) is 6.61 Å². The summed E-state index contributed by atoms with van der Waals surface area (Å²) in [4.78, 5) is 21.7. The van der Waals surface area contributed by atoms with Crippen molar-refractivity contribution >= 4 is 12.0 Å². The summed E-state index contributed by atoms with van der Waals surface area (Å²) < 4.78 is 38.8. The Kier molecular flexibility index (Phi) is 7.08. The van der Waals surface area contributed by atoms with Crippen molar-refractivity contribution in [2.45, 2.75) is 25.9 Å². The molecule has 0 aliphatic heterocycles. The van der Waals surface area contributed by atoms with Gasteiger partial charge in [0.25, 0.3) is 0 Å². The molecule has 0 aromatic rings. The van der Waals surface area contributed by atoms with E-state index in [1.54, 1.807) is 0 Å². The standard InChI is InChI=1S/C9H15F3N2O3/c1-2-4-13-7(15)3-5-14-8(16)17-6-9(10,11)12/h2-6H2,1H3,(H,13,15)(H,14,16). The summed E-state index contributed by atoms with van der Waals surface area (Å²) in [6.07, 6.45) is -4.95. The molecule has 5 nitrogen and oxygen atoms in total. The number of carbonyl (C=O) groups is 2. The van der Waals surface area contributed by atoms with E-state index in [0.717, 1.165) is 6.42 Å². The summed E-state index contributed by atoms with van der Waals surface area (Å²) in [5.41, 5.74) is 0. The Bertz CT molecular complexity index is 256. The van der Waals surface area contributed by atoms with Gasteiger partial charge >= 0.3 is 12.3 Å². The molecule has 0 aromatic heterocycles. The third-order valence-corrected chi connectivity index (χ3v) is 1.56. The van der Waals surface area contributed by atoms with E-state index in [4.69, 9.17) is 0 Å². The third-order valence-electron chi connectivity index (χ3n) is 1.56. The molecule has 0 unspecified atom stereocenters. The molecule has 0 spiro atoms. The zero-order chi connectivity index (χ0) is 13.3. The van der Waals surface area contributed by atoms with Gasteiger partial charge in [-0.1, -0.05) is 6.92 Å². The summed E-state index contributed by atoms with van der Waals surface area (Å²) in [5, 5.41) is 4.59. The van der Waals surface area contributed by atoms with E-state index in [0.29, 0.717) is 6.54 Å². The number of alkyl carbamates (subject to hydrolysis) is 1. The minimum absolute atomic E-state index is 0.00111. The largest absolute Gasteiger partial charge is 0.440 e. The Morgan fingerprint density at radius 2 is 1.82 bits per heavy atom. The Morgan fingerprint density at radius 1 is 1.18 bits per heavy atom. The molecule has 0 atom stereocenters. The monoisotopic (exact) mass is 256 g/mol. The van der Waals surface area contributed by atoms with Crippen LogP contribution in [0.4, 0.5) is 18.0 Å². The van der Waals surface area contributed by atoms with Crippen LogP contribution in [0.1, 0.15) is 19.8 Å². The van der Waals surface area contributed by atoms with Crippen molar-refractivity contribution in [3.63, 3.8) is 0 Å². The Hall–Kier alpha value is -1.47. The van der Waals surface area contributed by atoms with E-state index in [9.17, 15) is 22.8 Å². The van der Waals surface area contributed by atoms with E-state index < -0.39 is 18.9 Å². The lowest BCUT2D eigenvalue weighted by atomic mass is 10.4. The molecule has 0 saturated carbocycles. The van der Waals surface area contributed by atoms with Gasteiger partial charge in [-0.2, -0.15) is 13.2 Å². The molecule has 17 heavy (non-hydrogen) atoms. The minimum Gasteiger partial charge on any atom is -0.440 e. The number of carbonyl (C=O) groups excluding carboxylic acids is 2. The lowest BCUT2D eigenvalue weighted by Gasteiger charge is -2.09.